The number of aromatic nitrogens is 1. The first-order chi connectivity index (χ1) is 20.4. The van der Waals surface area contributed by atoms with Gasteiger partial charge in [-0.25, -0.2) is 0 Å². The predicted octanol–water partition coefficient (Wildman–Crippen LogP) is 6.46. The molecular formula is C30H30N6O5S. The van der Waals surface area contributed by atoms with E-state index >= 15 is 0 Å². The number of nitrogens with zero attached hydrogens (tertiary/aromatic N) is 5. The zero-order valence-electron chi connectivity index (χ0n) is 23.3. The molecule has 1 aliphatic rings. The minimum absolute atomic E-state index is 0.0266. The van der Waals surface area contributed by atoms with Crippen molar-refractivity contribution in [3.8, 4) is 17.4 Å². The van der Waals surface area contributed by atoms with Gasteiger partial charge in [0, 0.05) is 37.1 Å². The fourth-order valence-corrected chi connectivity index (χ4v) is 5.33. The molecule has 0 spiro atoms. The molecule has 5 rings (SSSR count). The number of thiazole rings is 1. The van der Waals surface area contributed by atoms with E-state index in [9.17, 15) is 10.1 Å². The highest BCUT2D eigenvalue weighted by atomic mass is 32.1. The van der Waals surface area contributed by atoms with Crippen LogP contribution >= 0.6 is 11.3 Å². The minimum atomic E-state index is -0.441. The number of piperidine rings is 1. The number of nitrogens with one attached hydrogen (secondary N) is 1. The summed E-state index contributed by atoms with van der Waals surface area (Å²) in [5, 5.41) is 21.8. The first-order valence-electron chi connectivity index (χ1n) is 13.1. The van der Waals surface area contributed by atoms with Crippen molar-refractivity contribution in [1.82, 2.24) is 9.88 Å². The van der Waals surface area contributed by atoms with E-state index in [4.69, 9.17) is 14.3 Å². The number of benzene rings is 3. The number of methoxy groups -OCH3 is 2. The van der Waals surface area contributed by atoms with Crippen LogP contribution in [-0.4, -0.2) is 48.0 Å². The van der Waals surface area contributed by atoms with Gasteiger partial charge in [0.2, 0.25) is 5.13 Å². The van der Waals surface area contributed by atoms with Crippen molar-refractivity contribution >= 4 is 34.1 Å². The maximum absolute atomic E-state index is 10.8. The Hall–Kier alpha value is -4.81. The summed E-state index contributed by atoms with van der Waals surface area (Å²) >= 11 is 1.33. The average molecular weight is 587 g/mol. The molecule has 2 unspecified atom stereocenters. The summed E-state index contributed by atoms with van der Waals surface area (Å²) in [6.45, 7) is 0. The van der Waals surface area contributed by atoms with Gasteiger partial charge in [0.05, 0.1) is 36.4 Å². The van der Waals surface area contributed by atoms with Crippen LogP contribution in [0.3, 0.4) is 0 Å². The second-order valence-corrected chi connectivity index (χ2v) is 10.5. The Morgan fingerprint density at radius 1 is 0.952 bits per heavy atom. The standard InChI is InChI=1S/C30H30N6O5S/c1-35-27(21-6-12-25(39-2)13-7-21)16-23(17-28(35)22-8-14-26(40-3)15-9-22)34-41-29-19-42-30(32-29)33-31-18-20-4-10-24(11-5-20)36(37)38/h4-15,18-19,27-28H,16-17H2,1-3H3,(H,32,33). The van der Waals surface area contributed by atoms with Crippen molar-refractivity contribution < 1.29 is 19.2 Å². The largest absolute Gasteiger partial charge is 0.497 e. The van der Waals surface area contributed by atoms with E-state index in [1.54, 1.807) is 37.9 Å². The van der Waals surface area contributed by atoms with Crippen LogP contribution in [0, 0.1) is 10.1 Å². The highest BCUT2D eigenvalue weighted by molar-refractivity contribution is 7.13. The van der Waals surface area contributed by atoms with E-state index in [0.29, 0.717) is 29.4 Å². The molecule has 1 aliphatic heterocycles. The molecule has 0 aliphatic carbocycles. The number of nitro benzene ring substituents is 1. The van der Waals surface area contributed by atoms with Gasteiger partial charge in [0.1, 0.15) is 11.5 Å². The number of hydrazone groups is 1. The fourth-order valence-electron chi connectivity index (χ4n) is 4.78. The van der Waals surface area contributed by atoms with E-state index in [2.05, 4.69) is 56.9 Å². The Morgan fingerprint density at radius 3 is 2.05 bits per heavy atom. The lowest BCUT2D eigenvalue weighted by Crippen LogP contribution is -2.37. The van der Waals surface area contributed by atoms with Gasteiger partial charge in [-0.15, -0.1) is 0 Å². The quantitative estimate of drug-likeness (QED) is 0.128. The maximum Gasteiger partial charge on any atom is 0.269 e. The van der Waals surface area contributed by atoms with Gasteiger partial charge in [-0.05, 0) is 60.1 Å². The van der Waals surface area contributed by atoms with Crippen LogP contribution in [0.4, 0.5) is 10.8 Å². The van der Waals surface area contributed by atoms with Crippen molar-refractivity contribution in [2.45, 2.75) is 24.9 Å². The van der Waals surface area contributed by atoms with Crippen molar-refractivity contribution in [3.05, 3.63) is 105 Å². The lowest BCUT2D eigenvalue weighted by atomic mass is 9.87. The van der Waals surface area contributed by atoms with E-state index in [1.807, 2.05) is 24.3 Å². The number of hydrogen-bond donors (Lipinski definition) is 1. The molecule has 2 heterocycles. The summed E-state index contributed by atoms with van der Waals surface area (Å²) in [6, 6.07) is 22.5. The molecular weight excluding hydrogens is 556 g/mol. The molecule has 1 N–H and O–H groups in total. The molecule has 216 valence electrons. The van der Waals surface area contributed by atoms with Crippen LogP contribution < -0.4 is 19.7 Å². The molecule has 11 nitrogen and oxygen atoms in total. The zero-order valence-corrected chi connectivity index (χ0v) is 24.2. The maximum atomic E-state index is 10.8. The van der Waals surface area contributed by atoms with Gasteiger partial charge >= 0.3 is 0 Å². The van der Waals surface area contributed by atoms with E-state index in [0.717, 1.165) is 28.3 Å². The second-order valence-electron chi connectivity index (χ2n) is 9.61. The Morgan fingerprint density at radius 2 is 1.52 bits per heavy atom. The van der Waals surface area contributed by atoms with E-state index in [-0.39, 0.29) is 17.8 Å². The Balaban J connectivity index is 1.29. The third-order valence-electron chi connectivity index (χ3n) is 7.07. The van der Waals surface area contributed by atoms with Crippen LogP contribution in [-0.2, 0) is 0 Å². The van der Waals surface area contributed by atoms with Crippen LogP contribution in [0.2, 0.25) is 0 Å². The van der Waals surface area contributed by atoms with Crippen LogP contribution in [0.1, 0.15) is 41.6 Å². The smallest absolute Gasteiger partial charge is 0.269 e. The molecule has 4 aromatic rings. The molecule has 42 heavy (non-hydrogen) atoms. The van der Waals surface area contributed by atoms with Crippen LogP contribution in [0.25, 0.3) is 0 Å². The Kier molecular flexibility index (Phi) is 9.05. The summed E-state index contributed by atoms with van der Waals surface area (Å²) in [4.78, 5) is 22.9. The summed E-state index contributed by atoms with van der Waals surface area (Å²) < 4.78 is 10.7. The monoisotopic (exact) mass is 586 g/mol. The highest BCUT2D eigenvalue weighted by Gasteiger charge is 2.33. The molecule has 1 aromatic heterocycles. The SMILES string of the molecule is COc1ccc(C2CC(=NOc3csc(NN=Cc4ccc([N+](=O)[O-])cc4)n3)CC(c3ccc(OC)cc3)N2C)cc1. The summed E-state index contributed by atoms with van der Waals surface area (Å²) in [7, 11) is 5.46. The van der Waals surface area contributed by atoms with Crippen molar-refractivity contribution in [2.24, 2.45) is 10.3 Å². The lowest BCUT2D eigenvalue weighted by molar-refractivity contribution is -0.384. The average Bonchev–Trinajstić information content (AvgIpc) is 3.48. The number of rotatable bonds is 10. The van der Waals surface area contributed by atoms with Crippen LogP contribution in [0.5, 0.6) is 17.4 Å². The number of likely N-dealkylation sites (tertiary alicyclic amines) is 1. The molecule has 3 aromatic carbocycles. The molecule has 1 saturated heterocycles. The highest BCUT2D eigenvalue weighted by Crippen LogP contribution is 2.40. The topological polar surface area (TPSA) is 124 Å². The molecule has 0 radical (unpaired) electrons. The van der Waals surface area contributed by atoms with Crippen molar-refractivity contribution in [1.29, 1.82) is 0 Å². The number of non-ortho nitro benzene ring substituents is 1. The molecule has 1 fully saturated rings. The molecule has 0 amide bonds. The Bertz CT molecular complexity index is 1500. The van der Waals surface area contributed by atoms with Gasteiger partial charge < -0.3 is 14.3 Å². The van der Waals surface area contributed by atoms with E-state index < -0.39 is 4.92 Å². The summed E-state index contributed by atoms with van der Waals surface area (Å²) in [5.74, 6) is 1.98. The summed E-state index contributed by atoms with van der Waals surface area (Å²) in [5.41, 5.74) is 6.85. The first kappa shape index (κ1) is 28.7. The van der Waals surface area contributed by atoms with Gasteiger partial charge in [-0.3, -0.25) is 20.4 Å². The van der Waals surface area contributed by atoms with Crippen molar-refractivity contribution in [3.63, 3.8) is 0 Å². The number of oxime groups is 1. The van der Waals surface area contributed by atoms with Crippen molar-refractivity contribution in [2.75, 3.05) is 26.7 Å². The molecule has 12 heteroatoms. The second kappa shape index (κ2) is 13.2. The number of anilines is 1. The molecule has 0 saturated carbocycles. The molecule has 0 bridgehead atoms. The Labute approximate surface area is 247 Å². The third kappa shape index (κ3) is 6.90. The predicted molar refractivity (Wildman–Crippen MR) is 163 cm³/mol. The number of nitro groups is 1. The number of hydrogen-bond acceptors (Lipinski definition) is 11. The van der Waals surface area contributed by atoms with Crippen LogP contribution in [0.15, 0.2) is 88.4 Å². The first-order valence-corrected chi connectivity index (χ1v) is 14.0. The van der Waals surface area contributed by atoms with Gasteiger partial charge in [-0.1, -0.05) is 40.8 Å². The molecule has 2 atom stereocenters. The normalized spacial score (nSPS) is 17.2. The van der Waals surface area contributed by atoms with Gasteiger partial charge in [-0.2, -0.15) is 10.1 Å². The minimum Gasteiger partial charge on any atom is -0.497 e. The van der Waals surface area contributed by atoms with Gasteiger partial charge in [0.25, 0.3) is 11.6 Å². The fraction of sp³-hybridized carbons (Fsp3) is 0.233. The van der Waals surface area contributed by atoms with Gasteiger partial charge in [0.15, 0.2) is 0 Å². The van der Waals surface area contributed by atoms with E-state index in [1.165, 1.54) is 23.5 Å². The summed E-state index contributed by atoms with van der Waals surface area (Å²) in [6.07, 6.45) is 2.96. The lowest BCUT2D eigenvalue weighted by Gasteiger charge is -2.40. The third-order valence-corrected chi connectivity index (χ3v) is 7.80. The number of ether oxygens (including phenoxy) is 2. The zero-order chi connectivity index (χ0) is 29.5.